The Kier molecular flexibility index (Phi) is 6.76. The van der Waals surface area contributed by atoms with E-state index in [0.29, 0.717) is 31.9 Å². The smallest absolute Gasteiger partial charge is 0.478 e. The van der Waals surface area contributed by atoms with E-state index in [2.05, 4.69) is 5.32 Å². The Hall–Kier alpha value is -0.0587. The number of carbonyl (C=O) groups is 1. The van der Waals surface area contributed by atoms with Crippen LogP contribution in [0, 0.1) is 6.92 Å². The monoisotopic (exact) mass is 326 g/mol. The minimum absolute atomic E-state index is 0. The van der Waals surface area contributed by atoms with Crippen molar-refractivity contribution in [3.8, 4) is 0 Å². The minimum Gasteiger partial charge on any atom is -0.478 e. The third-order valence-corrected chi connectivity index (χ3v) is 3.50. The van der Waals surface area contributed by atoms with Gasteiger partial charge in [0.15, 0.2) is 0 Å². The number of benzene rings is 1. The molecule has 4 nitrogen and oxygen atoms in total. The normalized spacial score (nSPS) is 15.5. The number of carboxylic acids is 1. The maximum atomic E-state index is 13.1. The summed E-state index contributed by atoms with van der Waals surface area (Å²) in [4.78, 5) is 12.9. The molecule has 21 heavy (non-hydrogen) atoms. The number of halogens is 3. The molecule has 0 bridgehead atoms. The first-order chi connectivity index (χ1) is 9.30. The second kappa shape index (κ2) is 7.47. The van der Waals surface area contributed by atoms with Crippen molar-refractivity contribution >= 4 is 24.1 Å². The number of nitrogens with zero attached hydrogens (tertiary/aromatic N) is 1. The topological polar surface area (TPSA) is 52.6 Å². The van der Waals surface area contributed by atoms with E-state index < -0.39 is 18.4 Å². The number of hydrogen-bond acceptors (Lipinski definition) is 3. The van der Waals surface area contributed by atoms with E-state index in [-0.39, 0.29) is 62.5 Å². The molecule has 0 saturated carbocycles. The van der Waals surface area contributed by atoms with Gasteiger partial charge in [-0.3, -0.25) is 0 Å². The van der Waals surface area contributed by atoms with E-state index in [0.717, 1.165) is 6.07 Å². The molecule has 1 saturated heterocycles. The van der Waals surface area contributed by atoms with Crippen LogP contribution in [0.5, 0.6) is 0 Å². The summed E-state index contributed by atoms with van der Waals surface area (Å²) in [6, 6.07) is 2.39. The summed E-state index contributed by atoms with van der Waals surface area (Å²) in [5.74, 6) is -1.33. The molecular formula is C12H15BF3KN2O2. The number of carboxylic acid groups (broad SMARTS) is 1. The first kappa shape index (κ1) is 19.0. The van der Waals surface area contributed by atoms with Crippen molar-refractivity contribution < 1.29 is 74.2 Å². The third-order valence-electron chi connectivity index (χ3n) is 3.50. The molecule has 0 aliphatic carbocycles. The van der Waals surface area contributed by atoms with Crippen molar-refractivity contribution in [1.82, 2.24) is 5.32 Å². The van der Waals surface area contributed by atoms with Crippen LogP contribution >= 0.6 is 0 Å². The Morgan fingerprint density at radius 3 is 2.33 bits per heavy atom. The number of aromatic carboxylic acids is 1. The molecule has 1 heterocycles. The van der Waals surface area contributed by atoms with E-state index >= 15 is 0 Å². The Bertz CT molecular complexity index is 534. The summed E-state index contributed by atoms with van der Waals surface area (Å²) < 4.78 is 39.2. The van der Waals surface area contributed by atoms with Gasteiger partial charge in [-0.25, -0.2) is 4.79 Å². The summed E-state index contributed by atoms with van der Waals surface area (Å²) in [6.45, 7) is -1.56. The minimum atomic E-state index is -5.23. The van der Waals surface area contributed by atoms with Crippen LogP contribution in [0.4, 0.5) is 18.6 Å². The number of anilines is 1. The Morgan fingerprint density at radius 2 is 1.86 bits per heavy atom. The maximum Gasteiger partial charge on any atom is 1.00 e. The molecule has 0 radical (unpaired) electrons. The summed E-state index contributed by atoms with van der Waals surface area (Å²) >= 11 is 0. The van der Waals surface area contributed by atoms with Gasteiger partial charge in [-0.15, -0.1) is 5.46 Å². The molecule has 1 aromatic carbocycles. The number of rotatable bonds is 3. The molecule has 2 rings (SSSR count). The van der Waals surface area contributed by atoms with Gasteiger partial charge in [0.2, 0.25) is 0 Å². The zero-order valence-electron chi connectivity index (χ0n) is 12.0. The Balaban J connectivity index is 0.00000220. The molecule has 1 aromatic rings. The Labute approximate surface area is 163 Å². The van der Waals surface area contributed by atoms with Gasteiger partial charge in [0.1, 0.15) is 0 Å². The zero-order valence-corrected chi connectivity index (χ0v) is 15.1. The number of hydrogen-bond donors (Lipinski definition) is 2. The van der Waals surface area contributed by atoms with Crippen LogP contribution in [-0.2, 0) is 0 Å². The third kappa shape index (κ3) is 4.46. The van der Waals surface area contributed by atoms with E-state index in [9.17, 15) is 17.7 Å². The molecule has 1 aliphatic heterocycles. The fraction of sp³-hybridized carbons (Fsp3) is 0.417. The van der Waals surface area contributed by atoms with Crippen molar-refractivity contribution in [2.24, 2.45) is 0 Å². The molecule has 0 spiro atoms. The molecule has 1 aliphatic rings. The molecule has 9 heteroatoms. The van der Waals surface area contributed by atoms with Gasteiger partial charge in [-0.05, 0) is 13.0 Å². The van der Waals surface area contributed by atoms with E-state index in [1.165, 1.54) is 13.0 Å². The van der Waals surface area contributed by atoms with E-state index in [4.69, 9.17) is 5.11 Å². The quantitative estimate of drug-likeness (QED) is 0.641. The van der Waals surface area contributed by atoms with Crippen LogP contribution in [0.3, 0.4) is 0 Å². The van der Waals surface area contributed by atoms with Crippen molar-refractivity contribution in [3.63, 3.8) is 0 Å². The largest absolute Gasteiger partial charge is 1.00 e. The summed E-state index contributed by atoms with van der Waals surface area (Å²) in [6.07, 6.45) is 0. The van der Waals surface area contributed by atoms with Crippen molar-refractivity contribution in [1.29, 1.82) is 0 Å². The second-order valence-corrected chi connectivity index (χ2v) is 4.82. The maximum absolute atomic E-state index is 13.1. The molecule has 1 fully saturated rings. The number of piperazine rings is 1. The average Bonchev–Trinajstić information content (AvgIpc) is 2.38. The summed E-state index contributed by atoms with van der Waals surface area (Å²) in [7, 11) is 0. The first-order valence-corrected chi connectivity index (χ1v) is 6.34. The van der Waals surface area contributed by atoms with Gasteiger partial charge in [-0.2, -0.15) is 0 Å². The van der Waals surface area contributed by atoms with E-state index in [1.54, 1.807) is 4.90 Å². The van der Waals surface area contributed by atoms with Crippen molar-refractivity contribution in [2.45, 2.75) is 6.92 Å². The molecular weight excluding hydrogens is 311 g/mol. The van der Waals surface area contributed by atoms with Gasteiger partial charge >= 0.3 is 64.3 Å². The van der Waals surface area contributed by atoms with Crippen LogP contribution < -0.4 is 67.1 Å². The van der Waals surface area contributed by atoms with Crippen LogP contribution in [0.1, 0.15) is 15.9 Å². The fourth-order valence-corrected chi connectivity index (χ4v) is 2.39. The molecule has 110 valence electrons. The summed E-state index contributed by atoms with van der Waals surface area (Å²) in [5, 5.41) is 12.2. The van der Waals surface area contributed by atoms with Gasteiger partial charge in [0.05, 0.1) is 5.56 Å². The molecule has 0 amide bonds. The predicted molar refractivity (Wildman–Crippen MR) is 71.9 cm³/mol. The van der Waals surface area contributed by atoms with Crippen LogP contribution in [0.25, 0.3) is 0 Å². The van der Waals surface area contributed by atoms with Gasteiger partial charge in [0, 0.05) is 31.9 Å². The molecule has 0 unspecified atom stereocenters. The molecule has 0 atom stereocenters. The average molecular weight is 326 g/mol. The van der Waals surface area contributed by atoms with Gasteiger partial charge in [-0.1, -0.05) is 11.6 Å². The van der Waals surface area contributed by atoms with Crippen molar-refractivity contribution in [2.75, 3.05) is 31.1 Å². The summed E-state index contributed by atoms with van der Waals surface area (Å²) in [5.41, 5.74) is -0.999. The van der Waals surface area contributed by atoms with Gasteiger partial charge in [0.25, 0.3) is 0 Å². The van der Waals surface area contributed by atoms with Crippen LogP contribution in [-0.4, -0.2) is 44.2 Å². The van der Waals surface area contributed by atoms with Crippen molar-refractivity contribution in [3.05, 3.63) is 23.3 Å². The van der Waals surface area contributed by atoms with Gasteiger partial charge < -0.3 is 28.3 Å². The zero-order chi connectivity index (χ0) is 14.9. The molecule has 0 aromatic heterocycles. The number of nitrogens with one attached hydrogen (secondary N) is 1. The fourth-order valence-electron chi connectivity index (χ4n) is 2.39. The SMILES string of the molecule is Cc1c(C(=O)O)cc(N2CCNCC2)cc1[B-](F)(F)F.[K+]. The predicted octanol–water partition coefficient (Wildman–Crippen LogP) is -1.84. The first-order valence-electron chi connectivity index (χ1n) is 6.34. The van der Waals surface area contributed by atoms with Crippen LogP contribution in [0.2, 0.25) is 0 Å². The molecule has 2 N–H and O–H groups in total. The van der Waals surface area contributed by atoms with E-state index in [1.807, 2.05) is 0 Å². The van der Waals surface area contributed by atoms with Crippen LogP contribution in [0.15, 0.2) is 12.1 Å². The standard InChI is InChI=1S/C12H15BF3N2O2.K/c1-8-10(12(19)20)6-9(7-11(8)13(14,15)16)18-4-2-17-3-5-18;/h6-7,17H,2-5H2,1H3,(H,19,20);/q-1;+1. The Morgan fingerprint density at radius 1 is 1.29 bits per heavy atom. The second-order valence-electron chi connectivity index (χ2n) is 4.82.